The van der Waals surface area contributed by atoms with Gasteiger partial charge in [0.1, 0.15) is 11.9 Å². The predicted octanol–water partition coefficient (Wildman–Crippen LogP) is 3.09. The maximum absolute atomic E-state index is 12.2. The lowest BCUT2D eigenvalue weighted by Crippen LogP contribution is -2.37. The number of amides is 2. The van der Waals surface area contributed by atoms with Gasteiger partial charge in [-0.3, -0.25) is 9.69 Å². The molecule has 2 amide bonds. The number of hydrogen-bond acceptors (Lipinski definition) is 6. The molecule has 1 fully saturated rings. The molecule has 158 valence electrons. The average Bonchev–Trinajstić information content (AvgIpc) is 3.41. The van der Waals surface area contributed by atoms with E-state index < -0.39 is 12.2 Å². The molecule has 3 aromatic rings. The number of anilines is 1. The molecule has 0 aliphatic carbocycles. The minimum atomic E-state index is -0.467. The van der Waals surface area contributed by atoms with Gasteiger partial charge in [0.25, 0.3) is 5.91 Å². The first-order chi connectivity index (χ1) is 15.2. The van der Waals surface area contributed by atoms with Gasteiger partial charge in [0, 0.05) is 6.07 Å². The zero-order valence-electron chi connectivity index (χ0n) is 16.6. The van der Waals surface area contributed by atoms with Crippen LogP contribution in [0.4, 0.5) is 10.5 Å². The molecular weight excluding hydrogens is 400 g/mol. The minimum absolute atomic E-state index is 0.120. The highest BCUT2D eigenvalue weighted by atomic mass is 16.7. The van der Waals surface area contributed by atoms with E-state index in [1.54, 1.807) is 18.2 Å². The third-order valence-electron chi connectivity index (χ3n) is 5.16. The summed E-state index contributed by atoms with van der Waals surface area (Å²) in [5, 5.41) is 4.90. The van der Waals surface area contributed by atoms with E-state index in [-0.39, 0.29) is 25.9 Å². The number of rotatable bonds is 6. The maximum Gasteiger partial charge on any atom is 0.414 e. The molecule has 2 aliphatic rings. The molecule has 2 heterocycles. The molecule has 0 spiro atoms. The van der Waals surface area contributed by atoms with E-state index >= 15 is 0 Å². The number of benzene rings is 3. The van der Waals surface area contributed by atoms with E-state index in [2.05, 4.69) is 5.32 Å². The topological polar surface area (TPSA) is 86.3 Å². The van der Waals surface area contributed by atoms with E-state index in [0.29, 0.717) is 29.5 Å². The van der Waals surface area contributed by atoms with Crippen molar-refractivity contribution in [1.82, 2.24) is 5.32 Å². The summed E-state index contributed by atoms with van der Waals surface area (Å²) in [6.07, 6.45) is -0.923. The lowest BCUT2D eigenvalue weighted by atomic mass is 10.1. The highest BCUT2D eigenvalue weighted by Crippen LogP contribution is 2.36. The number of carbonyl (C=O) groups is 2. The van der Waals surface area contributed by atoms with Crippen LogP contribution >= 0.6 is 0 Å². The van der Waals surface area contributed by atoms with Gasteiger partial charge in [0.05, 0.1) is 18.8 Å². The third-order valence-corrected chi connectivity index (χ3v) is 5.16. The van der Waals surface area contributed by atoms with Gasteiger partial charge >= 0.3 is 6.09 Å². The SMILES string of the molecule is O=C(COc1ccc2ccccc2c1)NC[C@@H]1CN(c2ccc3c(c2)OCO3)C(=O)O1. The van der Waals surface area contributed by atoms with Gasteiger partial charge in [-0.05, 0) is 35.0 Å². The minimum Gasteiger partial charge on any atom is -0.484 e. The molecule has 0 bridgehead atoms. The van der Waals surface area contributed by atoms with Crippen LogP contribution in [-0.2, 0) is 9.53 Å². The number of cyclic esters (lactones) is 1. The molecule has 1 atom stereocenters. The Kier molecular flexibility index (Phi) is 4.95. The van der Waals surface area contributed by atoms with Crippen molar-refractivity contribution in [1.29, 1.82) is 0 Å². The number of carbonyl (C=O) groups excluding carboxylic acids is 2. The van der Waals surface area contributed by atoms with Crippen LogP contribution in [0.2, 0.25) is 0 Å². The summed E-state index contributed by atoms with van der Waals surface area (Å²) in [6, 6.07) is 18.9. The molecule has 0 unspecified atom stereocenters. The van der Waals surface area contributed by atoms with Crippen molar-refractivity contribution in [2.24, 2.45) is 0 Å². The molecule has 5 rings (SSSR count). The quantitative estimate of drug-likeness (QED) is 0.660. The lowest BCUT2D eigenvalue weighted by molar-refractivity contribution is -0.123. The second-order valence-electron chi connectivity index (χ2n) is 7.26. The second kappa shape index (κ2) is 8.06. The Hall–Kier alpha value is -3.94. The van der Waals surface area contributed by atoms with Crippen molar-refractivity contribution in [3.63, 3.8) is 0 Å². The highest BCUT2D eigenvalue weighted by Gasteiger charge is 2.33. The Bertz CT molecular complexity index is 1150. The van der Waals surface area contributed by atoms with Gasteiger partial charge in [-0.1, -0.05) is 30.3 Å². The summed E-state index contributed by atoms with van der Waals surface area (Å²) < 4.78 is 21.6. The summed E-state index contributed by atoms with van der Waals surface area (Å²) in [4.78, 5) is 25.9. The zero-order valence-corrected chi connectivity index (χ0v) is 16.6. The fourth-order valence-electron chi connectivity index (χ4n) is 3.58. The fourth-order valence-corrected chi connectivity index (χ4v) is 3.58. The Morgan fingerprint density at radius 1 is 1.03 bits per heavy atom. The summed E-state index contributed by atoms with van der Waals surface area (Å²) in [6.45, 7) is 0.570. The first-order valence-electron chi connectivity index (χ1n) is 9.92. The molecule has 8 heteroatoms. The largest absolute Gasteiger partial charge is 0.484 e. The van der Waals surface area contributed by atoms with Gasteiger partial charge in [-0.15, -0.1) is 0 Å². The number of fused-ring (bicyclic) bond motifs is 2. The van der Waals surface area contributed by atoms with Crippen LogP contribution in [0.1, 0.15) is 0 Å². The second-order valence-corrected chi connectivity index (χ2v) is 7.26. The number of nitrogens with one attached hydrogen (secondary N) is 1. The van der Waals surface area contributed by atoms with Crippen molar-refractivity contribution in [3.05, 3.63) is 60.7 Å². The van der Waals surface area contributed by atoms with Gasteiger partial charge in [-0.2, -0.15) is 0 Å². The predicted molar refractivity (Wildman–Crippen MR) is 113 cm³/mol. The van der Waals surface area contributed by atoms with Crippen LogP contribution < -0.4 is 24.4 Å². The van der Waals surface area contributed by atoms with E-state index in [1.807, 2.05) is 42.5 Å². The van der Waals surface area contributed by atoms with Crippen molar-refractivity contribution < 1.29 is 28.5 Å². The molecule has 0 saturated carbocycles. The Morgan fingerprint density at radius 2 is 1.87 bits per heavy atom. The molecule has 1 N–H and O–H groups in total. The van der Waals surface area contributed by atoms with Crippen molar-refractivity contribution in [3.8, 4) is 17.2 Å². The Labute approximate surface area is 178 Å². The van der Waals surface area contributed by atoms with Crippen molar-refractivity contribution in [2.75, 3.05) is 31.4 Å². The van der Waals surface area contributed by atoms with E-state index in [1.165, 1.54) is 4.90 Å². The molecule has 2 aliphatic heterocycles. The smallest absolute Gasteiger partial charge is 0.414 e. The van der Waals surface area contributed by atoms with Crippen molar-refractivity contribution in [2.45, 2.75) is 6.10 Å². The molecule has 1 saturated heterocycles. The van der Waals surface area contributed by atoms with Crippen LogP contribution in [-0.4, -0.2) is 44.6 Å². The third kappa shape index (κ3) is 4.05. The summed E-state index contributed by atoms with van der Waals surface area (Å²) in [5.74, 6) is 1.57. The Morgan fingerprint density at radius 3 is 2.77 bits per heavy atom. The van der Waals surface area contributed by atoms with Crippen LogP contribution in [0, 0.1) is 0 Å². The summed E-state index contributed by atoms with van der Waals surface area (Å²) in [7, 11) is 0. The van der Waals surface area contributed by atoms with E-state index in [4.69, 9.17) is 18.9 Å². The first kappa shape index (κ1) is 19.0. The zero-order chi connectivity index (χ0) is 21.2. The van der Waals surface area contributed by atoms with Crippen LogP contribution in [0.15, 0.2) is 60.7 Å². The molecule has 3 aromatic carbocycles. The molecule has 31 heavy (non-hydrogen) atoms. The lowest BCUT2D eigenvalue weighted by Gasteiger charge is -2.13. The van der Waals surface area contributed by atoms with Crippen molar-refractivity contribution >= 4 is 28.5 Å². The fraction of sp³-hybridized carbons (Fsp3) is 0.217. The van der Waals surface area contributed by atoms with Crippen LogP contribution in [0.3, 0.4) is 0 Å². The van der Waals surface area contributed by atoms with Gasteiger partial charge in [0.15, 0.2) is 18.1 Å². The molecule has 0 aromatic heterocycles. The van der Waals surface area contributed by atoms with Crippen LogP contribution in [0.25, 0.3) is 10.8 Å². The monoisotopic (exact) mass is 420 g/mol. The number of ether oxygens (including phenoxy) is 4. The number of hydrogen-bond donors (Lipinski definition) is 1. The molecular formula is C23H20N2O6. The van der Waals surface area contributed by atoms with E-state index in [0.717, 1.165) is 10.8 Å². The molecule has 0 radical (unpaired) electrons. The number of nitrogens with zero attached hydrogens (tertiary/aromatic N) is 1. The standard InChI is InChI=1S/C23H20N2O6/c26-22(13-28-18-7-5-15-3-1-2-4-16(15)9-18)24-11-19-12-25(23(27)31-19)17-6-8-20-21(10-17)30-14-29-20/h1-10,19H,11-14H2,(H,24,26)/t19-/m1/s1. The van der Waals surface area contributed by atoms with Gasteiger partial charge < -0.3 is 24.3 Å². The molecule has 8 nitrogen and oxygen atoms in total. The maximum atomic E-state index is 12.2. The van der Waals surface area contributed by atoms with Gasteiger partial charge in [0.2, 0.25) is 6.79 Å². The summed E-state index contributed by atoms with van der Waals surface area (Å²) in [5.41, 5.74) is 0.655. The van der Waals surface area contributed by atoms with E-state index in [9.17, 15) is 9.59 Å². The Balaban J connectivity index is 1.12. The van der Waals surface area contributed by atoms with Crippen LogP contribution in [0.5, 0.6) is 17.2 Å². The summed E-state index contributed by atoms with van der Waals surface area (Å²) >= 11 is 0. The normalized spacial score (nSPS) is 17.0. The highest BCUT2D eigenvalue weighted by molar-refractivity contribution is 5.90. The average molecular weight is 420 g/mol. The van der Waals surface area contributed by atoms with Gasteiger partial charge in [-0.25, -0.2) is 4.79 Å². The first-order valence-corrected chi connectivity index (χ1v) is 9.92.